The molecule has 0 unspecified atom stereocenters. The Hall–Kier alpha value is -1.20. The number of rotatable bonds is 9. The molecule has 0 atom stereocenters. The fraction of sp³-hybridized carbons (Fsp3) is 0.692. The SMILES string of the molecule is CCCOCCOc1ccc(CNC(C)C)nn1. The summed E-state index contributed by atoms with van der Waals surface area (Å²) in [4.78, 5) is 0. The van der Waals surface area contributed by atoms with Gasteiger partial charge in [-0.1, -0.05) is 20.8 Å². The number of aromatic nitrogens is 2. The van der Waals surface area contributed by atoms with Crippen LogP contribution in [0.2, 0.25) is 0 Å². The van der Waals surface area contributed by atoms with Crippen molar-refractivity contribution in [3.8, 4) is 5.88 Å². The molecule has 5 nitrogen and oxygen atoms in total. The van der Waals surface area contributed by atoms with Gasteiger partial charge in [0.2, 0.25) is 5.88 Å². The van der Waals surface area contributed by atoms with E-state index < -0.39 is 0 Å². The van der Waals surface area contributed by atoms with Crippen LogP contribution in [0.5, 0.6) is 5.88 Å². The Kier molecular flexibility index (Phi) is 7.29. The molecule has 18 heavy (non-hydrogen) atoms. The molecule has 102 valence electrons. The van der Waals surface area contributed by atoms with Crippen LogP contribution < -0.4 is 10.1 Å². The molecule has 1 aromatic heterocycles. The molecule has 0 bridgehead atoms. The zero-order valence-corrected chi connectivity index (χ0v) is 11.5. The lowest BCUT2D eigenvalue weighted by Gasteiger charge is -2.08. The quantitative estimate of drug-likeness (QED) is 0.680. The molecular formula is C13H23N3O2. The Bertz CT molecular complexity index is 315. The summed E-state index contributed by atoms with van der Waals surface area (Å²) in [6.07, 6.45) is 1.03. The zero-order chi connectivity index (χ0) is 13.2. The van der Waals surface area contributed by atoms with E-state index in [2.05, 4.69) is 36.3 Å². The fourth-order valence-corrected chi connectivity index (χ4v) is 1.28. The number of nitrogens with one attached hydrogen (secondary N) is 1. The van der Waals surface area contributed by atoms with Crippen LogP contribution in [0.1, 0.15) is 32.9 Å². The molecule has 0 fully saturated rings. The first-order valence-corrected chi connectivity index (χ1v) is 6.49. The van der Waals surface area contributed by atoms with E-state index in [0.29, 0.717) is 25.1 Å². The van der Waals surface area contributed by atoms with Gasteiger partial charge in [-0.15, -0.1) is 5.10 Å². The monoisotopic (exact) mass is 253 g/mol. The Morgan fingerprint density at radius 3 is 2.61 bits per heavy atom. The van der Waals surface area contributed by atoms with Crippen molar-refractivity contribution < 1.29 is 9.47 Å². The van der Waals surface area contributed by atoms with Crippen LogP contribution in [-0.2, 0) is 11.3 Å². The summed E-state index contributed by atoms with van der Waals surface area (Å²) >= 11 is 0. The molecule has 1 rings (SSSR count). The second-order valence-electron chi connectivity index (χ2n) is 4.36. The maximum Gasteiger partial charge on any atom is 0.233 e. The van der Waals surface area contributed by atoms with Gasteiger partial charge < -0.3 is 14.8 Å². The summed E-state index contributed by atoms with van der Waals surface area (Å²) in [5, 5.41) is 11.4. The molecule has 0 radical (unpaired) electrons. The highest BCUT2D eigenvalue weighted by Gasteiger charge is 2.00. The lowest BCUT2D eigenvalue weighted by atomic mass is 10.3. The topological polar surface area (TPSA) is 56.3 Å². The van der Waals surface area contributed by atoms with Gasteiger partial charge in [0.15, 0.2) is 0 Å². The van der Waals surface area contributed by atoms with Gasteiger partial charge in [-0.2, -0.15) is 5.10 Å². The third-order valence-electron chi connectivity index (χ3n) is 2.21. The smallest absolute Gasteiger partial charge is 0.233 e. The summed E-state index contributed by atoms with van der Waals surface area (Å²) < 4.78 is 10.7. The lowest BCUT2D eigenvalue weighted by Crippen LogP contribution is -2.22. The molecule has 0 aliphatic carbocycles. The molecule has 0 aliphatic rings. The molecule has 1 N–H and O–H groups in total. The van der Waals surface area contributed by atoms with Crippen LogP contribution in [0.4, 0.5) is 0 Å². The molecular weight excluding hydrogens is 230 g/mol. The number of hydrogen-bond acceptors (Lipinski definition) is 5. The normalized spacial score (nSPS) is 10.9. The molecule has 0 saturated carbocycles. The highest BCUT2D eigenvalue weighted by Crippen LogP contribution is 2.04. The highest BCUT2D eigenvalue weighted by atomic mass is 16.5. The van der Waals surface area contributed by atoms with Crippen molar-refractivity contribution in [2.45, 2.75) is 39.8 Å². The average Bonchev–Trinajstić information content (AvgIpc) is 2.37. The van der Waals surface area contributed by atoms with E-state index >= 15 is 0 Å². The first-order valence-electron chi connectivity index (χ1n) is 6.49. The third-order valence-corrected chi connectivity index (χ3v) is 2.21. The first-order chi connectivity index (χ1) is 8.72. The molecule has 0 aromatic carbocycles. The van der Waals surface area contributed by atoms with Gasteiger partial charge in [-0.05, 0) is 12.5 Å². The molecule has 0 saturated heterocycles. The molecule has 1 aromatic rings. The van der Waals surface area contributed by atoms with Gasteiger partial charge in [0.25, 0.3) is 0 Å². The van der Waals surface area contributed by atoms with Crippen LogP contribution >= 0.6 is 0 Å². The predicted molar refractivity (Wildman–Crippen MR) is 70.6 cm³/mol. The minimum absolute atomic E-state index is 0.443. The van der Waals surface area contributed by atoms with Gasteiger partial charge in [-0.25, -0.2) is 0 Å². The fourth-order valence-electron chi connectivity index (χ4n) is 1.28. The Labute approximate surface area is 109 Å². The standard InChI is InChI=1S/C13H23N3O2/c1-4-7-17-8-9-18-13-6-5-12(15-16-13)10-14-11(2)3/h5-6,11,14H,4,7-10H2,1-3H3. The van der Waals surface area contributed by atoms with Crippen LogP contribution in [0.25, 0.3) is 0 Å². The Morgan fingerprint density at radius 2 is 2.00 bits per heavy atom. The summed E-state index contributed by atoms with van der Waals surface area (Å²) in [5.74, 6) is 0.545. The summed E-state index contributed by atoms with van der Waals surface area (Å²) in [6.45, 7) is 8.88. The predicted octanol–water partition coefficient (Wildman–Crippen LogP) is 1.78. The van der Waals surface area contributed by atoms with Crippen molar-refractivity contribution in [3.63, 3.8) is 0 Å². The first kappa shape index (κ1) is 14.9. The van der Waals surface area contributed by atoms with Crippen LogP contribution in [0.3, 0.4) is 0 Å². The van der Waals surface area contributed by atoms with E-state index in [1.165, 1.54) is 0 Å². The maximum atomic E-state index is 5.41. The minimum atomic E-state index is 0.443. The van der Waals surface area contributed by atoms with E-state index in [4.69, 9.17) is 9.47 Å². The van der Waals surface area contributed by atoms with Crippen molar-refractivity contribution in [2.24, 2.45) is 0 Å². The minimum Gasteiger partial charge on any atom is -0.474 e. The van der Waals surface area contributed by atoms with E-state index in [0.717, 1.165) is 25.3 Å². The van der Waals surface area contributed by atoms with Crippen LogP contribution in [0, 0.1) is 0 Å². The lowest BCUT2D eigenvalue weighted by molar-refractivity contribution is 0.0986. The number of nitrogens with zero attached hydrogens (tertiary/aromatic N) is 2. The van der Waals surface area contributed by atoms with Crippen molar-refractivity contribution in [3.05, 3.63) is 17.8 Å². The van der Waals surface area contributed by atoms with Gasteiger partial charge >= 0.3 is 0 Å². The van der Waals surface area contributed by atoms with Crippen molar-refractivity contribution in [1.82, 2.24) is 15.5 Å². The van der Waals surface area contributed by atoms with Gasteiger partial charge in [0.1, 0.15) is 6.61 Å². The second kappa shape index (κ2) is 8.83. The molecule has 0 aliphatic heterocycles. The average molecular weight is 253 g/mol. The Morgan fingerprint density at radius 1 is 1.17 bits per heavy atom. The molecule has 0 spiro atoms. The van der Waals surface area contributed by atoms with Crippen LogP contribution in [-0.4, -0.2) is 36.1 Å². The van der Waals surface area contributed by atoms with Gasteiger partial charge in [-0.3, -0.25) is 0 Å². The van der Waals surface area contributed by atoms with Crippen molar-refractivity contribution >= 4 is 0 Å². The number of hydrogen-bond donors (Lipinski definition) is 1. The maximum absolute atomic E-state index is 5.41. The highest BCUT2D eigenvalue weighted by molar-refractivity contribution is 5.11. The van der Waals surface area contributed by atoms with Gasteiger partial charge in [0.05, 0.1) is 12.3 Å². The molecule has 1 heterocycles. The van der Waals surface area contributed by atoms with Gasteiger partial charge in [0, 0.05) is 25.3 Å². The summed E-state index contributed by atoms with van der Waals surface area (Å²) in [7, 11) is 0. The van der Waals surface area contributed by atoms with E-state index in [1.807, 2.05) is 12.1 Å². The van der Waals surface area contributed by atoms with Crippen molar-refractivity contribution in [1.29, 1.82) is 0 Å². The van der Waals surface area contributed by atoms with Crippen LogP contribution in [0.15, 0.2) is 12.1 Å². The second-order valence-corrected chi connectivity index (χ2v) is 4.36. The van der Waals surface area contributed by atoms with E-state index in [1.54, 1.807) is 0 Å². The molecule has 0 amide bonds. The summed E-state index contributed by atoms with van der Waals surface area (Å²) in [6, 6.07) is 4.20. The van der Waals surface area contributed by atoms with Crippen molar-refractivity contribution in [2.75, 3.05) is 19.8 Å². The van der Waals surface area contributed by atoms with E-state index in [9.17, 15) is 0 Å². The largest absolute Gasteiger partial charge is 0.474 e. The van der Waals surface area contributed by atoms with E-state index in [-0.39, 0.29) is 0 Å². The zero-order valence-electron chi connectivity index (χ0n) is 11.5. The third kappa shape index (κ3) is 6.51. The Balaban J connectivity index is 2.23. The number of ether oxygens (including phenoxy) is 2. The summed E-state index contributed by atoms with van der Waals surface area (Å²) in [5.41, 5.74) is 0.915. The molecule has 5 heteroatoms.